The Morgan fingerprint density at radius 3 is 1.96 bits per heavy atom. The number of alkyl halides is 3. The molecule has 2 unspecified atom stereocenters. The average molecular weight is 361 g/mol. The van der Waals surface area contributed by atoms with Crippen molar-refractivity contribution >= 4 is 22.0 Å². The lowest BCUT2D eigenvalue weighted by molar-refractivity contribution is -0.155. The van der Waals surface area contributed by atoms with Crippen LogP contribution in [0, 0.1) is 10.8 Å². The molecule has 0 amide bonds. The molecule has 0 aromatic rings. The van der Waals surface area contributed by atoms with Crippen LogP contribution in [0.15, 0.2) is 12.2 Å². The van der Waals surface area contributed by atoms with Crippen LogP contribution in [0.1, 0.15) is 33.1 Å². The second-order valence-electron chi connectivity index (χ2n) is 5.45. The number of aliphatic carboxylic acids is 2. The molecule has 134 valence electrons. The predicted molar refractivity (Wildman–Crippen MR) is 73.6 cm³/mol. The van der Waals surface area contributed by atoms with Crippen LogP contribution in [-0.2, 0) is 19.6 Å². The van der Waals surface area contributed by atoms with Gasteiger partial charge >= 0.3 is 27.5 Å². The van der Waals surface area contributed by atoms with E-state index in [1.165, 1.54) is 0 Å². The zero-order valence-electron chi connectivity index (χ0n) is 12.4. The molecule has 23 heavy (non-hydrogen) atoms. The highest BCUT2D eigenvalue weighted by Gasteiger charge is 2.47. The Hall–Kier alpha value is -1.62. The van der Waals surface area contributed by atoms with E-state index in [0.717, 1.165) is 0 Å². The summed E-state index contributed by atoms with van der Waals surface area (Å²) in [7, 11) is -5.34. The lowest BCUT2D eigenvalue weighted by Crippen LogP contribution is -2.41. The number of carboxylic acids is 2. The molecule has 0 saturated heterocycles. The number of nitrogens with two attached hydrogens (primary N) is 1. The molecule has 0 aromatic heterocycles. The highest BCUT2D eigenvalue weighted by Crippen LogP contribution is 2.44. The Balaban J connectivity index is 0.000000515. The zero-order valence-corrected chi connectivity index (χ0v) is 13.2. The molecular formula is C12H18F3NO6S. The lowest BCUT2D eigenvalue weighted by Gasteiger charge is -2.37. The van der Waals surface area contributed by atoms with E-state index in [-0.39, 0.29) is 6.42 Å². The first-order valence-corrected chi connectivity index (χ1v) is 7.89. The Kier molecular flexibility index (Phi) is 6.39. The van der Waals surface area contributed by atoms with Gasteiger partial charge in [-0.15, -0.1) is 0 Å². The zero-order chi connectivity index (χ0) is 18.7. The van der Waals surface area contributed by atoms with Gasteiger partial charge in [0.2, 0.25) is 0 Å². The van der Waals surface area contributed by atoms with Gasteiger partial charge in [-0.2, -0.15) is 13.2 Å². The molecule has 0 aromatic carbocycles. The Labute approximate surface area is 131 Å². The van der Waals surface area contributed by atoms with E-state index < -0.39 is 38.3 Å². The van der Waals surface area contributed by atoms with E-state index in [4.69, 9.17) is 10.2 Å². The fourth-order valence-electron chi connectivity index (χ4n) is 2.08. The van der Waals surface area contributed by atoms with Crippen molar-refractivity contribution in [1.82, 2.24) is 0 Å². The number of carboxylic acid groups (broad SMARTS) is 2. The van der Waals surface area contributed by atoms with Gasteiger partial charge < -0.3 is 10.2 Å². The summed E-state index contributed by atoms with van der Waals surface area (Å²) in [4.78, 5) is 22.2. The molecule has 0 bridgehead atoms. The van der Waals surface area contributed by atoms with Crippen molar-refractivity contribution < 1.29 is 41.4 Å². The molecule has 2 atom stereocenters. The van der Waals surface area contributed by atoms with Crippen LogP contribution in [0.4, 0.5) is 13.2 Å². The second-order valence-corrected chi connectivity index (χ2v) is 7.01. The Morgan fingerprint density at radius 2 is 1.70 bits per heavy atom. The summed E-state index contributed by atoms with van der Waals surface area (Å²) in [6, 6.07) is 0. The van der Waals surface area contributed by atoms with Crippen LogP contribution in [0.3, 0.4) is 0 Å². The van der Waals surface area contributed by atoms with Crippen LogP contribution in [0.5, 0.6) is 0 Å². The van der Waals surface area contributed by atoms with Gasteiger partial charge in [-0.3, -0.25) is 9.59 Å². The first kappa shape index (κ1) is 21.4. The normalized spacial score (nSPS) is 27.7. The molecule has 4 N–H and O–H groups in total. The Morgan fingerprint density at radius 1 is 1.26 bits per heavy atom. The third kappa shape index (κ3) is 5.20. The average Bonchev–Trinajstić information content (AvgIpc) is 2.36. The topological polar surface area (TPSA) is 135 Å². The molecule has 11 heteroatoms. The van der Waals surface area contributed by atoms with Gasteiger partial charge in [0.1, 0.15) is 0 Å². The summed E-state index contributed by atoms with van der Waals surface area (Å²) in [5, 5.41) is 21.9. The summed E-state index contributed by atoms with van der Waals surface area (Å²) in [6.07, 6.45) is 4.30. The summed E-state index contributed by atoms with van der Waals surface area (Å²) >= 11 is 0. The fourth-order valence-corrected chi connectivity index (χ4v) is 2.08. The van der Waals surface area contributed by atoms with E-state index >= 15 is 0 Å². The third-order valence-corrected chi connectivity index (χ3v) is 4.25. The van der Waals surface area contributed by atoms with Crippen molar-refractivity contribution in [3.8, 4) is 0 Å². The SMILES string of the molecule is CCC1(C(=O)O)C=CCC(C)(C(=O)O)C1.NS(=O)(=O)C(F)(F)F. The minimum atomic E-state index is -5.34. The van der Waals surface area contributed by atoms with E-state index in [2.05, 4.69) is 5.14 Å². The van der Waals surface area contributed by atoms with E-state index in [0.29, 0.717) is 12.8 Å². The van der Waals surface area contributed by atoms with Crippen molar-refractivity contribution in [3.63, 3.8) is 0 Å². The second kappa shape index (κ2) is 6.87. The van der Waals surface area contributed by atoms with Gasteiger partial charge in [-0.1, -0.05) is 19.1 Å². The van der Waals surface area contributed by atoms with Gasteiger partial charge in [0, 0.05) is 0 Å². The van der Waals surface area contributed by atoms with Crippen molar-refractivity contribution in [2.24, 2.45) is 16.0 Å². The summed E-state index contributed by atoms with van der Waals surface area (Å²) < 4.78 is 51.2. The number of hydrogen-bond donors (Lipinski definition) is 3. The minimum Gasteiger partial charge on any atom is -0.481 e. The number of allylic oxidation sites excluding steroid dienone is 1. The van der Waals surface area contributed by atoms with E-state index in [1.807, 2.05) is 0 Å². The molecule has 1 rings (SSSR count). The molecule has 0 spiro atoms. The van der Waals surface area contributed by atoms with Crippen molar-refractivity contribution in [1.29, 1.82) is 0 Å². The minimum absolute atomic E-state index is 0.164. The number of primary sulfonamides is 1. The molecule has 0 aliphatic heterocycles. The summed E-state index contributed by atoms with van der Waals surface area (Å²) in [5.74, 6) is -1.86. The lowest BCUT2D eigenvalue weighted by atomic mass is 9.65. The van der Waals surface area contributed by atoms with Crippen LogP contribution in [0.25, 0.3) is 0 Å². The quantitative estimate of drug-likeness (QED) is 0.655. The van der Waals surface area contributed by atoms with Crippen molar-refractivity contribution in [3.05, 3.63) is 12.2 Å². The van der Waals surface area contributed by atoms with Gasteiger partial charge in [0.15, 0.2) is 0 Å². The third-order valence-electron chi connectivity index (χ3n) is 3.61. The summed E-state index contributed by atoms with van der Waals surface area (Å²) in [5.41, 5.74) is -7.28. The first-order chi connectivity index (χ1) is 10.1. The van der Waals surface area contributed by atoms with Crippen molar-refractivity contribution in [2.75, 3.05) is 0 Å². The summed E-state index contributed by atoms with van der Waals surface area (Å²) in [6.45, 7) is 3.37. The number of sulfonamides is 1. The number of rotatable bonds is 3. The monoisotopic (exact) mass is 361 g/mol. The van der Waals surface area contributed by atoms with Crippen LogP contribution >= 0.6 is 0 Å². The molecule has 0 heterocycles. The molecule has 1 aliphatic rings. The van der Waals surface area contributed by atoms with Crippen LogP contribution < -0.4 is 5.14 Å². The van der Waals surface area contributed by atoms with E-state index in [9.17, 15) is 31.2 Å². The van der Waals surface area contributed by atoms with Crippen LogP contribution in [0.2, 0.25) is 0 Å². The number of hydrogen-bond acceptors (Lipinski definition) is 4. The van der Waals surface area contributed by atoms with Crippen LogP contribution in [-0.4, -0.2) is 36.1 Å². The smallest absolute Gasteiger partial charge is 0.481 e. The molecule has 7 nitrogen and oxygen atoms in total. The number of halogens is 3. The molecule has 0 radical (unpaired) electrons. The maximum Gasteiger partial charge on any atom is 0.511 e. The molecule has 0 fully saturated rings. The highest BCUT2D eigenvalue weighted by atomic mass is 32.2. The molecule has 0 saturated carbocycles. The molecular weight excluding hydrogens is 343 g/mol. The Bertz CT molecular complexity index is 600. The maximum absolute atomic E-state index is 11.2. The van der Waals surface area contributed by atoms with Gasteiger partial charge in [-0.05, 0) is 26.2 Å². The molecule has 1 aliphatic carbocycles. The predicted octanol–water partition coefficient (Wildman–Crippen LogP) is 1.70. The van der Waals surface area contributed by atoms with E-state index in [1.54, 1.807) is 26.0 Å². The fraction of sp³-hybridized carbons (Fsp3) is 0.667. The highest BCUT2D eigenvalue weighted by molar-refractivity contribution is 7.90. The van der Waals surface area contributed by atoms with Gasteiger partial charge in [0.05, 0.1) is 10.8 Å². The van der Waals surface area contributed by atoms with Gasteiger partial charge in [0.25, 0.3) is 0 Å². The standard InChI is InChI=1S/C11H16O4.CH2F3NO2S/c1-3-11(9(14)15)6-4-5-10(2,7-11)8(12)13;2-1(3,4)8(5,6)7/h4,6H,3,5,7H2,1-2H3,(H,12,13)(H,14,15);(H2,5,6,7). The van der Waals surface area contributed by atoms with Crippen molar-refractivity contribution in [2.45, 2.75) is 38.6 Å². The first-order valence-electron chi connectivity index (χ1n) is 6.35. The van der Waals surface area contributed by atoms with Gasteiger partial charge in [-0.25, -0.2) is 13.6 Å². The largest absolute Gasteiger partial charge is 0.511 e. The number of carbonyl (C=O) groups is 2. The maximum atomic E-state index is 11.2.